The smallest absolute Gasteiger partial charge is 0.306 e. The molecule has 0 aromatic heterocycles. The predicted octanol–water partition coefficient (Wildman–Crippen LogP) is 10.2. The zero-order valence-corrected chi connectivity index (χ0v) is 35.3. The summed E-state index contributed by atoms with van der Waals surface area (Å²) in [7, 11) is -4.10. The van der Waals surface area contributed by atoms with Crippen LogP contribution in [0.2, 0.25) is 0 Å². The van der Waals surface area contributed by atoms with Gasteiger partial charge >= 0.3 is 5.97 Å². The largest absolute Gasteiger partial charge is 0.462 e. The monoisotopic (exact) mass is 776 g/mol. The van der Waals surface area contributed by atoms with Gasteiger partial charge in [-0.25, -0.2) is 0 Å². The van der Waals surface area contributed by atoms with Crippen LogP contribution in [0.25, 0.3) is 0 Å². The van der Waals surface area contributed by atoms with Crippen molar-refractivity contribution in [2.24, 2.45) is 46.3 Å². The van der Waals surface area contributed by atoms with E-state index in [4.69, 9.17) is 9.29 Å². The topological polar surface area (TPSA) is 130 Å². The summed E-state index contributed by atoms with van der Waals surface area (Å²) in [6.07, 6.45) is 33.0. The van der Waals surface area contributed by atoms with Crippen LogP contribution in [0.5, 0.6) is 0 Å². The second-order valence-corrected chi connectivity index (χ2v) is 19.9. The summed E-state index contributed by atoms with van der Waals surface area (Å²) < 4.78 is 37.0. The number of hydrogen-bond donors (Lipinski definition) is 3. The van der Waals surface area contributed by atoms with Crippen molar-refractivity contribution in [2.45, 2.75) is 188 Å². The number of aliphatic hydroxyl groups is 1. The van der Waals surface area contributed by atoms with Crippen molar-refractivity contribution in [3.05, 3.63) is 24.3 Å². The third-order valence-corrected chi connectivity index (χ3v) is 15.6. The lowest BCUT2D eigenvalue weighted by Gasteiger charge is -2.62. The minimum atomic E-state index is -4.10. The van der Waals surface area contributed by atoms with Crippen molar-refractivity contribution < 1.29 is 32.4 Å². The minimum absolute atomic E-state index is 0.0237. The third kappa shape index (κ3) is 12.6. The molecule has 0 aromatic carbocycles. The molecule has 10 atom stereocenters. The van der Waals surface area contributed by atoms with E-state index in [9.17, 15) is 23.1 Å². The molecule has 4 saturated carbocycles. The van der Waals surface area contributed by atoms with E-state index in [1.807, 2.05) is 0 Å². The fourth-order valence-corrected chi connectivity index (χ4v) is 12.1. The number of rotatable bonds is 23. The molecule has 0 saturated heterocycles. The molecule has 8 nitrogen and oxygen atoms in total. The Hall–Kier alpha value is -1.71. The van der Waals surface area contributed by atoms with E-state index in [0.717, 1.165) is 64.2 Å². The Morgan fingerprint density at radius 1 is 0.852 bits per heavy atom. The van der Waals surface area contributed by atoms with Crippen LogP contribution in [0.15, 0.2) is 24.3 Å². The van der Waals surface area contributed by atoms with Crippen LogP contribution in [-0.2, 0) is 24.4 Å². The Morgan fingerprint density at radius 2 is 1.54 bits per heavy atom. The first-order valence-electron chi connectivity index (χ1n) is 22.2. The molecule has 0 radical (unpaired) electrons. The normalized spacial score (nSPS) is 33.0. The van der Waals surface area contributed by atoms with Crippen LogP contribution in [0, 0.1) is 46.3 Å². The highest BCUT2D eigenvalue weighted by Gasteiger charge is 2.63. The van der Waals surface area contributed by atoms with Crippen molar-refractivity contribution in [1.29, 1.82) is 0 Å². The van der Waals surface area contributed by atoms with Crippen LogP contribution in [0.3, 0.4) is 0 Å². The lowest BCUT2D eigenvalue weighted by atomic mass is 9.43. The first-order valence-corrected chi connectivity index (χ1v) is 23.8. The molecule has 4 rings (SSSR count). The second-order valence-electron chi connectivity index (χ2n) is 18.3. The highest BCUT2D eigenvalue weighted by molar-refractivity contribution is 7.85. The highest BCUT2D eigenvalue weighted by Crippen LogP contribution is 2.68. The molecule has 4 aliphatic rings. The Kier molecular flexibility index (Phi) is 18.1. The minimum Gasteiger partial charge on any atom is -0.462 e. The molecule has 0 spiro atoms. The molecule has 4 aliphatic carbocycles. The van der Waals surface area contributed by atoms with Crippen molar-refractivity contribution >= 4 is 22.0 Å². The summed E-state index contributed by atoms with van der Waals surface area (Å²) in [6, 6.07) is 0. The summed E-state index contributed by atoms with van der Waals surface area (Å²) >= 11 is 0. The summed E-state index contributed by atoms with van der Waals surface area (Å²) in [6.45, 7) is 9.17. The van der Waals surface area contributed by atoms with E-state index >= 15 is 0 Å². The number of esters is 1. The van der Waals surface area contributed by atoms with Crippen molar-refractivity contribution in [1.82, 2.24) is 5.32 Å². The Labute approximate surface area is 329 Å². The van der Waals surface area contributed by atoms with Gasteiger partial charge < -0.3 is 15.2 Å². The zero-order chi connectivity index (χ0) is 39.2. The van der Waals surface area contributed by atoms with E-state index < -0.39 is 15.9 Å². The molecule has 4 fully saturated rings. The zero-order valence-electron chi connectivity index (χ0n) is 34.4. The molecule has 10 unspecified atom stereocenters. The van der Waals surface area contributed by atoms with Gasteiger partial charge in [0.1, 0.15) is 6.10 Å². The molecule has 0 aliphatic heterocycles. The fourth-order valence-electron chi connectivity index (χ4n) is 11.7. The summed E-state index contributed by atoms with van der Waals surface area (Å²) in [5.41, 5.74) is -0.00273. The van der Waals surface area contributed by atoms with Gasteiger partial charge in [-0.05, 0) is 143 Å². The second kappa shape index (κ2) is 21.7. The molecule has 9 heteroatoms. The number of amides is 1. The van der Waals surface area contributed by atoms with E-state index in [0.29, 0.717) is 48.9 Å². The SMILES string of the molecule is CCCCCC/C=C\C/C=C\CCCCCCCC(=O)OC1CCC2(C)C(CCC3C2CC(O)C2(C)C(C(C)CCC(=O)NCCS(=O)(=O)O)CCC32)C1. The first kappa shape index (κ1) is 45.0. The Morgan fingerprint density at radius 3 is 2.24 bits per heavy atom. The molecule has 0 heterocycles. The maximum atomic E-state index is 12.9. The highest BCUT2D eigenvalue weighted by atomic mass is 32.2. The molecule has 1 amide bonds. The number of fused-ring (bicyclic) bond motifs is 5. The maximum absolute atomic E-state index is 12.9. The quantitative estimate of drug-likeness (QED) is 0.0408. The lowest BCUT2D eigenvalue weighted by Crippen LogP contribution is -2.59. The third-order valence-electron chi connectivity index (χ3n) is 14.9. The summed E-state index contributed by atoms with van der Waals surface area (Å²) in [4.78, 5) is 25.3. The van der Waals surface area contributed by atoms with Crippen LogP contribution in [0.1, 0.15) is 175 Å². The number of carbonyl (C=O) groups excluding carboxylic acids is 2. The van der Waals surface area contributed by atoms with Crippen LogP contribution >= 0.6 is 0 Å². The summed E-state index contributed by atoms with van der Waals surface area (Å²) in [5, 5.41) is 14.6. The van der Waals surface area contributed by atoms with Gasteiger partial charge in [0.25, 0.3) is 10.1 Å². The molecule has 0 bridgehead atoms. The number of allylic oxidation sites excluding steroid dienone is 4. The Bertz CT molecular complexity index is 1330. The van der Waals surface area contributed by atoms with E-state index in [1.54, 1.807) is 0 Å². The number of ether oxygens (including phenoxy) is 1. The van der Waals surface area contributed by atoms with Gasteiger partial charge in [0.15, 0.2) is 0 Å². The molecular formula is C45H77NO7S. The van der Waals surface area contributed by atoms with Gasteiger partial charge in [0.2, 0.25) is 5.91 Å². The average Bonchev–Trinajstić information content (AvgIpc) is 3.49. The van der Waals surface area contributed by atoms with Crippen LogP contribution < -0.4 is 5.32 Å². The average molecular weight is 776 g/mol. The van der Waals surface area contributed by atoms with Crippen molar-refractivity contribution in [3.63, 3.8) is 0 Å². The number of aliphatic hydroxyl groups excluding tert-OH is 1. The van der Waals surface area contributed by atoms with Gasteiger partial charge in [0.05, 0.1) is 11.9 Å². The maximum Gasteiger partial charge on any atom is 0.306 e. The van der Waals surface area contributed by atoms with Crippen LogP contribution in [0.4, 0.5) is 0 Å². The van der Waals surface area contributed by atoms with Gasteiger partial charge in [-0.1, -0.05) is 90.5 Å². The van der Waals surface area contributed by atoms with Crippen molar-refractivity contribution in [2.75, 3.05) is 12.3 Å². The van der Waals surface area contributed by atoms with E-state index in [1.165, 1.54) is 64.2 Å². The summed E-state index contributed by atoms with van der Waals surface area (Å²) in [5.74, 6) is 2.00. The Balaban J connectivity index is 1.13. The molecular weight excluding hydrogens is 699 g/mol. The van der Waals surface area contributed by atoms with Gasteiger partial charge in [-0.3, -0.25) is 14.1 Å². The van der Waals surface area contributed by atoms with Gasteiger partial charge in [0, 0.05) is 19.4 Å². The molecule has 310 valence electrons. The number of unbranched alkanes of at least 4 members (excludes halogenated alkanes) is 9. The number of hydrogen-bond acceptors (Lipinski definition) is 6. The van der Waals surface area contributed by atoms with E-state index in [-0.39, 0.29) is 47.4 Å². The van der Waals surface area contributed by atoms with Gasteiger partial charge in [-0.2, -0.15) is 8.42 Å². The number of carbonyl (C=O) groups is 2. The predicted molar refractivity (Wildman–Crippen MR) is 218 cm³/mol. The van der Waals surface area contributed by atoms with Crippen molar-refractivity contribution in [3.8, 4) is 0 Å². The van der Waals surface area contributed by atoms with Gasteiger partial charge in [-0.15, -0.1) is 0 Å². The van der Waals surface area contributed by atoms with Crippen LogP contribution in [-0.4, -0.2) is 54.5 Å². The molecule has 3 N–H and O–H groups in total. The molecule has 54 heavy (non-hydrogen) atoms. The molecule has 0 aromatic rings. The standard InChI is InChI=1S/C45H77NO7S/c1-5-6-7-8-9-10-11-12-13-14-15-16-17-18-19-20-21-43(49)53-36-28-29-44(3)35(32-36)23-24-37-39-26-25-38(45(39,4)41(47)33-40(37)44)34(2)22-27-42(48)46-30-31-54(50,51)52/h10-11,13-14,34-41,47H,5-9,12,15-33H2,1-4H3,(H,46,48)(H,50,51,52)/b11-10-,14-13-. The fraction of sp³-hybridized carbons (Fsp3) is 0.867. The first-order chi connectivity index (χ1) is 25.8. The lowest BCUT2D eigenvalue weighted by molar-refractivity contribution is -0.181. The van der Waals surface area contributed by atoms with E-state index in [2.05, 4.69) is 57.3 Å². The number of nitrogens with one attached hydrogen (secondary N) is 1.